The van der Waals surface area contributed by atoms with Gasteiger partial charge >= 0.3 is 5.97 Å². The maximum atomic E-state index is 11.9. The van der Waals surface area contributed by atoms with E-state index in [4.69, 9.17) is 4.74 Å². The SMILES string of the molecule is C=CCCCCC(=O)OCC(CC(C)C)NC(=O)CCCC=C. The number of amides is 1. The molecule has 0 aromatic heterocycles. The highest BCUT2D eigenvalue weighted by Crippen LogP contribution is 2.08. The van der Waals surface area contributed by atoms with Crippen LogP contribution in [0.1, 0.15) is 65.2 Å². The van der Waals surface area contributed by atoms with E-state index in [1.165, 1.54) is 0 Å². The number of carbonyl (C=O) groups excluding carboxylic acids is 2. The zero-order valence-electron chi connectivity index (χ0n) is 14.8. The molecule has 0 fully saturated rings. The molecule has 0 heterocycles. The number of nitrogens with one attached hydrogen (secondary N) is 1. The van der Waals surface area contributed by atoms with Crippen LogP contribution in [-0.2, 0) is 14.3 Å². The van der Waals surface area contributed by atoms with Gasteiger partial charge in [0.25, 0.3) is 0 Å². The van der Waals surface area contributed by atoms with Gasteiger partial charge < -0.3 is 10.1 Å². The second-order valence-electron chi connectivity index (χ2n) is 6.29. The normalized spacial score (nSPS) is 11.8. The maximum Gasteiger partial charge on any atom is 0.305 e. The van der Waals surface area contributed by atoms with Crippen molar-refractivity contribution in [3.8, 4) is 0 Å². The molecule has 1 unspecified atom stereocenters. The molecule has 1 atom stereocenters. The van der Waals surface area contributed by atoms with Crippen LogP contribution in [0.25, 0.3) is 0 Å². The average Bonchev–Trinajstić information content (AvgIpc) is 2.49. The first kappa shape index (κ1) is 21.4. The summed E-state index contributed by atoms with van der Waals surface area (Å²) in [6.07, 6.45) is 9.70. The summed E-state index contributed by atoms with van der Waals surface area (Å²) in [5, 5.41) is 2.98. The third kappa shape index (κ3) is 13.8. The molecule has 132 valence electrons. The van der Waals surface area contributed by atoms with Gasteiger partial charge in [-0.05, 0) is 44.4 Å². The van der Waals surface area contributed by atoms with Crippen LogP contribution in [-0.4, -0.2) is 24.5 Å². The Morgan fingerprint density at radius 2 is 1.70 bits per heavy atom. The van der Waals surface area contributed by atoms with E-state index in [-0.39, 0.29) is 24.5 Å². The topological polar surface area (TPSA) is 55.4 Å². The van der Waals surface area contributed by atoms with Gasteiger partial charge in [0.05, 0.1) is 6.04 Å². The Hall–Kier alpha value is -1.58. The summed E-state index contributed by atoms with van der Waals surface area (Å²) >= 11 is 0. The fourth-order valence-corrected chi connectivity index (χ4v) is 2.27. The predicted molar refractivity (Wildman–Crippen MR) is 95.1 cm³/mol. The highest BCUT2D eigenvalue weighted by Gasteiger charge is 2.16. The highest BCUT2D eigenvalue weighted by molar-refractivity contribution is 5.76. The molecule has 0 aliphatic heterocycles. The van der Waals surface area contributed by atoms with Crippen molar-refractivity contribution in [3.05, 3.63) is 25.3 Å². The fourth-order valence-electron chi connectivity index (χ4n) is 2.27. The zero-order chi connectivity index (χ0) is 17.5. The largest absolute Gasteiger partial charge is 0.463 e. The molecule has 0 radical (unpaired) electrons. The number of rotatable bonds is 14. The molecular formula is C19H33NO3. The van der Waals surface area contributed by atoms with Gasteiger partial charge in [0, 0.05) is 12.8 Å². The van der Waals surface area contributed by atoms with Crippen molar-refractivity contribution >= 4 is 11.9 Å². The Morgan fingerprint density at radius 1 is 1.04 bits per heavy atom. The van der Waals surface area contributed by atoms with Gasteiger partial charge in [0.2, 0.25) is 5.91 Å². The first-order valence-corrected chi connectivity index (χ1v) is 8.66. The van der Waals surface area contributed by atoms with Gasteiger partial charge in [-0.25, -0.2) is 0 Å². The predicted octanol–water partition coefficient (Wildman–Crippen LogP) is 4.16. The van der Waals surface area contributed by atoms with Crippen molar-refractivity contribution < 1.29 is 14.3 Å². The van der Waals surface area contributed by atoms with Gasteiger partial charge in [0.1, 0.15) is 6.61 Å². The number of esters is 1. The maximum absolute atomic E-state index is 11.9. The van der Waals surface area contributed by atoms with E-state index in [1.54, 1.807) is 0 Å². The molecule has 0 saturated heterocycles. The molecule has 0 aromatic rings. The lowest BCUT2D eigenvalue weighted by Crippen LogP contribution is -2.39. The molecule has 4 nitrogen and oxygen atoms in total. The van der Waals surface area contributed by atoms with Crippen molar-refractivity contribution in [3.63, 3.8) is 0 Å². The standard InChI is InChI=1S/C19H33NO3/c1-5-7-9-11-13-19(22)23-15-17(14-16(3)4)20-18(21)12-10-8-6-2/h5-6,16-17H,1-2,7-15H2,3-4H3,(H,20,21). The molecule has 0 bridgehead atoms. The van der Waals surface area contributed by atoms with Crippen LogP contribution in [0.15, 0.2) is 25.3 Å². The molecule has 0 aliphatic rings. The Labute approximate surface area is 141 Å². The second kappa shape index (κ2) is 14.0. The molecule has 23 heavy (non-hydrogen) atoms. The Morgan fingerprint density at radius 3 is 2.30 bits per heavy atom. The lowest BCUT2D eigenvalue weighted by Gasteiger charge is -2.20. The van der Waals surface area contributed by atoms with Crippen molar-refractivity contribution in [1.82, 2.24) is 5.32 Å². The first-order valence-electron chi connectivity index (χ1n) is 8.66. The summed E-state index contributed by atoms with van der Waals surface area (Å²) < 4.78 is 5.32. The van der Waals surface area contributed by atoms with E-state index >= 15 is 0 Å². The van der Waals surface area contributed by atoms with E-state index in [1.807, 2.05) is 12.2 Å². The van der Waals surface area contributed by atoms with Crippen LogP contribution in [0.3, 0.4) is 0 Å². The van der Waals surface area contributed by atoms with Crippen molar-refractivity contribution in [2.24, 2.45) is 5.92 Å². The fraction of sp³-hybridized carbons (Fsp3) is 0.684. The third-order valence-corrected chi connectivity index (χ3v) is 3.42. The number of hydrogen-bond acceptors (Lipinski definition) is 3. The lowest BCUT2D eigenvalue weighted by molar-refractivity contribution is -0.145. The summed E-state index contributed by atoms with van der Waals surface area (Å²) in [5.41, 5.74) is 0. The van der Waals surface area contributed by atoms with Gasteiger partial charge in [-0.2, -0.15) is 0 Å². The van der Waals surface area contributed by atoms with Gasteiger partial charge in [0.15, 0.2) is 0 Å². The van der Waals surface area contributed by atoms with Crippen LogP contribution < -0.4 is 5.32 Å². The molecular weight excluding hydrogens is 290 g/mol. The van der Waals surface area contributed by atoms with E-state index < -0.39 is 0 Å². The van der Waals surface area contributed by atoms with E-state index in [0.29, 0.717) is 18.8 Å². The minimum atomic E-state index is -0.191. The lowest BCUT2D eigenvalue weighted by atomic mass is 10.0. The summed E-state index contributed by atoms with van der Waals surface area (Å²) in [4.78, 5) is 23.6. The Kier molecular flexibility index (Phi) is 13.1. The van der Waals surface area contributed by atoms with E-state index in [0.717, 1.165) is 38.5 Å². The van der Waals surface area contributed by atoms with Crippen LogP contribution in [0.4, 0.5) is 0 Å². The van der Waals surface area contributed by atoms with E-state index in [9.17, 15) is 9.59 Å². The smallest absolute Gasteiger partial charge is 0.305 e. The van der Waals surface area contributed by atoms with Crippen molar-refractivity contribution in [1.29, 1.82) is 0 Å². The van der Waals surface area contributed by atoms with Gasteiger partial charge in [-0.3, -0.25) is 9.59 Å². The number of allylic oxidation sites excluding steroid dienone is 2. The number of ether oxygens (including phenoxy) is 1. The quantitative estimate of drug-likeness (QED) is 0.297. The van der Waals surface area contributed by atoms with E-state index in [2.05, 4.69) is 32.3 Å². The van der Waals surface area contributed by atoms with Crippen LogP contribution >= 0.6 is 0 Å². The Bertz CT molecular complexity index is 364. The molecule has 0 rings (SSSR count). The summed E-state index contributed by atoms with van der Waals surface area (Å²) in [7, 11) is 0. The van der Waals surface area contributed by atoms with Crippen LogP contribution in [0.2, 0.25) is 0 Å². The van der Waals surface area contributed by atoms with Crippen LogP contribution in [0.5, 0.6) is 0 Å². The minimum absolute atomic E-state index is 0.0135. The minimum Gasteiger partial charge on any atom is -0.463 e. The first-order chi connectivity index (χ1) is 11.0. The molecule has 0 aliphatic carbocycles. The Balaban J connectivity index is 4.12. The molecule has 0 aromatic carbocycles. The summed E-state index contributed by atoms with van der Waals surface area (Å²) in [5.74, 6) is 0.253. The monoisotopic (exact) mass is 323 g/mol. The molecule has 4 heteroatoms. The molecule has 0 spiro atoms. The summed E-state index contributed by atoms with van der Waals surface area (Å²) in [6.45, 7) is 11.7. The number of unbranched alkanes of at least 4 members (excludes halogenated alkanes) is 3. The third-order valence-electron chi connectivity index (χ3n) is 3.42. The van der Waals surface area contributed by atoms with Crippen molar-refractivity contribution in [2.45, 2.75) is 71.3 Å². The number of carbonyl (C=O) groups is 2. The van der Waals surface area contributed by atoms with Gasteiger partial charge in [-0.15, -0.1) is 13.2 Å². The summed E-state index contributed by atoms with van der Waals surface area (Å²) in [6, 6.07) is -0.108. The highest BCUT2D eigenvalue weighted by atomic mass is 16.5. The molecule has 1 amide bonds. The molecule has 1 N–H and O–H groups in total. The second-order valence-corrected chi connectivity index (χ2v) is 6.29. The van der Waals surface area contributed by atoms with Crippen molar-refractivity contribution in [2.75, 3.05) is 6.61 Å². The van der Waals surface area contributed by atoms with Crippen LogP contribution in [0, 0.1) is 5.92 Å². The number of hydrogen-bond donors (Lipinski definition) is 1. The average molecular weight is 323 g/mol. The molecule has 0 saturated carbocycles. The van der Waals surface area contributed by atoms with Gasteiger partial charge in [-0.1, -0.05) is 26.0 Å². The zero-order valence-corrected chi connectivity index (χ0v) is 14.8.